The van der Waals surface area contributed by atoms with E-state index in [1.165, 1.54) is 54.7 Å². The second-order valence-corrected chi connectivity index (χ2v) is 7.74. The van der Waals surface area contributed by atoms with Crippen LogP contribution >= 0.6 is 0 Å². The first kappa shape index (κ1) is 15.8. The van der Waals surface area contributed by atoms with E-state index in [0.29, 0.717) is 5.92 Å². The fourth-order valence-electron chi connectivity index (χ4n) is 4.52. The molecule has 3 aromatic rings. The highest BCUT2D eigenvalue weighted by Gasteiger charge is 2.26. The Kier molecular flexibility index (Phi) is 3.89. The highest BCUT2D eigenvalue weighted by Crippen LogP contribution is 2.35. The maximum Gasteiger partial charge on any atom is 0.160 e. The number of hydrogen-bond donors (Lipinski definition) is 0. The Morgan fingerprint density at radius 3 is 2.81 bits per heavy atom. The molecule has 26 heavy (non-hydrogen) atoms. The van der Waals surface area contributed by atoms with E-state index in [1.807, 2.05) is 4.40 Å². The molecule has 0 N–H and O–H groups in total. The van der Waals surface area contributed by atoms with E-state index in [0.717, 1.165) is 18.7 Å². The van der Waals surface area contributed by atoms with E-state index >= 15 is 0 Å². The summed E-state index contributed by atoms with van der Waals surface area (Å²) in [5, 5.41) is 8.13. The Morgan fingerprint density at radius 1 is 1.04 bits per heavy atom. The van der Waals surface area contributed by atoms with Crippen LogP contribution in [0.2, 0.25) is 0 Å². The maximum absolute atomic E-state index is 4.12. The molecule has 5 heteroatoms. The zero-order valence-electron chi connectivity index (χ0n) is 15.3. The molecule has 1 aromatic carbocycles. The van der Waals surface area contributed by atoms with Gasteiger partial charge in [0.05, 0.1) is 0 Å². The lowest BCUT2D eigenvalue weighted by Crippen LogP contribution is -2.32. The SMILES string of the molecule is CN1Cc2cc(N3CCCCC3)ccc2C(c2ccc3nncn3c2)C1. The van der Waals surface area contributed by atoms with Gasteiger partial charge in [0, 0.05) is 44.0 Å². The Morgan fingerprint density at radius 2 is 1.92 bits per heavy atom. The van der Waals surface area contributed by atoms with Crippen molar-refractivity contribution in [2.75, 3.05) is 31.6 Å². The van der Waals surface area contributed by atoms with Crippen LogP contribution in [0.15, 0.2) is 42.9 Å². The van der Waals surface area contributed by atoms with Crippen LogP contribution in [0.4, 0.5) is 5.69 Å². The van der Waals surface area contributed by atoms with Gasteiger partial charge < -0.3 is 9.80 Å². The van der Waals surface area contributed by atoms with Crippen molar-refractivity contribution < 1.29 is 0 Å². The quantitative estimate of drug-likeness (QED) is 0.713. The molecule has 2 aliphatic heterocycles. The number of aromatic nitrogens is 3. The standard InChI is InChI=1S/C21H25N5/c1-24-12-17-11-18(25-9-3-2-4-10-25)6-7-19(17)20(14-24)16-5-8-21-23-22-15-26(21)13-16/h5-8,11,13,15,20H,2-4,9-10,12,14H2,1H3. The van der Waals surface area contributed by atoms with Gasteiger partial charge in [0.2, 0.25) is 0 Å². The van der Waals surface area contributed by atoms with Crippen LogP contribution < -0.4 is 4.90 Å². The zero-order valence-corrected chi connectivity index (χ0v) is 15.3. The molecule has 0 bridgehead atoms. The first-order valence-electron chi connectivity index (χ1n) is 9.63. The summed E-state index contributed by atoms with van der Waals surface area (Å²) in [6.45, 7) is 4.47. The van der Waals surface area contributed by atoms with Crippen LogP contribution in [0.1, 0.15) is 41.9 Å². The third-order valence-corrected chi connectivity index (χ3v) is 5.87. The number of likely N-dealkylation sites (N-methyl/N-ethyl adjacent to an activating group) is 1. The number of piperidine rings is 1. The van der Waals surface area contributed by atoms with Gasteiger partial charge in [-0.15, -0.1) is 10.2 Å². The normalized spacial score (nSPS) is 21.1. The van der Waals surface area contributed by atoms with Gasteiger partial charge in [-0.3, -0.25) is 4.40 Å². The molecule has 0 radical (unpaired) electrons. The monoisotopic (exact) mass is 347 g/mol. The second kappa shape index (κ2) is 6.40. The number of hydrogen-bond acceptors (Lipinski definition) is 4. The zero-order chi connectivity index (χ0) is 17.5. The van der Waals surface area contributed by atoms with E-state index < -0.39 is 0 Å². The molecule has 0 saturated carbocycles. The molecule has 0 spiro atoms. The summed E-state index contributed by atoms with van der Waals surface area (Å²) >= 11 is 0. The number of pyridine rings is 1. The molecule has 1 atom stereocenters. The average Bonchev–Trinajstić information content (AvgIpc) is 3.15. The molecule has 1 fully saturated rings. The molecule has 0 amide bonds. The van der Waals surface area contributed by atoms with Gasteiger partial charge in [-0.05, 0) is 61.2 Å². The molecule has 0 aliphatic carbocycles. The third kappa shape index (κ3) is 2.76. The van der Waals surface area contributed by atoms with Crippen LogP contribution in [0.25, 0.3) is 5.65 Å². The van der Waals surface area contributed by atoms with Crippen LogP contribution in [0, 0.1) is 0 Å². The summed E-state index contributed by atoms with van der Waals surface area (Å²) in [6.07, 6.45) is 7.97. The van der Waals surface area contributed by atoms with Crippen molar-refractivity contribution in [2.24, 2.45) is 0 Å². The van der Waals surface area contributed by atoms with Crippen molar-refractivity contribution in [1.82, 2.24) is 19.5 Å². The lowest BCUT2D eigenvalue weighted by molar-refractivity contribution is 0.295. The summed E-state index contributed by atoms with van der Waals surface area (Å²) < 4.78 is 2.02. The molecular formula is C21H25N5. The molecule has 5 nitrogen and oxygen atoms in total. The molecule has 2 aliphatic rings. The van der Waals surface area contributed by atoms with Crippen molar-refractivity contribution in [3.8, 4) is 0 Å². The number of rotatable bonds is 2. The fourth-order valence-corrected chi connectivity index (χ4v) is 4.52. The molecule has 1 unspecified atom stereocenters. The van der Waals surface area contributed by atoms with Gasteiger partial charge in [-0.2, -0.15) is 0 Å². The second-order valence-electron chi connectivity index (χ2n) is 7.74. The number of benzene rings is 1. The number of anilines is 1. The summed E-state index contributed by atoms with van der Waals surface area (Å²) in [7, 11) is 2.22. The summed E-state index contributed by atoms with van der Waals surface area (Å²) in [6, 6.07) is 11.4. The van der Waals surface area contributed by atoms with E-state index in [-0.39, 0.29) is 0 Å². The van der Waals surface area contributed by atoms with Crippen LogP contribution in [0.3, 0.4) is 0 Å². The molecule has 4 heterocycles. The van der Waals surface area contributed by atoms with Crippen molar-refractivity contribution in [1.29, 1.82) is 0 Å². The van der Waals surface area contributed by atoms with Gasteiger partial charge >= 0.3 is 0 Å². The average molecular weight is 347 g/mol. The first-order chi connectivity index (χ1) is 12.8. The molecule has 134 valence electrons. The van der Waals surface area contributed by atoms with E-state index in [4.69, 9.17) is 0 Å². The van der Waals surface area contributed by atoms with Crippen LogP contribution in [-0.2, 0) is 6.54 Å². The van der Waals surface area contributed by atoms with Crippen LogP contribution in [-0.4, -0.2) is 46.2 Å². The highest BCUT2D eigenvalue weighted by atomic mass is 15.2. The fraction of sp³-hybridized carbons (Fsp3) is 0.429. The number of fused-ring (bicyclic) bond motifs is 2. The van der Waals surface area contributed by atoms with Crippen molar-refractivity contribution in [3.63, 3.8) is 0 Å². The topological polar surface area (TPSA) is 36.7 Å². The third-order valence-electron chi connectivity index (χ3n) is 5.87. The van der Waals surface area contributed by atoms with E-state index in [9.17, 15) is 0 Å². The summed E-state index contributed by atoms with van der Waals surface area (Å²) in [4.78, 5) is 4.99. The Bertz CT molecular complexity index is 925. The smallest absolute Gasteiger partial charge is 0.160 e. The molecule has 5 rings (SSSR count). The Balaban J connectivity index is 1.52. The lowest BCUT2D eigenvalue weighted by Gasteiger charge is -2.35. The van der Waals surface area contributed by atoms with Gasteiger partial charge in [-0.1, -0.05) is 12.1 Å². The molecular weight excluding hydrogens is 322 g/mol. The van der Waals surface area contributed by atoms with Gasteiger partial charge in [0.1, 0.15) is 6.33 Å². The predicted molar refractivity (Wildman–Crippen MR) is 104 cm³/mol. The van der Waals surface area contributed by atoms with Gasteiger partial charge in [0.25, 0.3) is 0 Å². The first-order valence-corrected chi connectivity index (χ1v) is 9.63. The van der Waals surface area contributed by atoms with Gasteiger partial charge in [-0.25, -0.2) is 0 Å². The highest BCUT2D eigenvalue weighted by molar-refractivity contribution is 5.54. The minimum absolute atomic E-state index is 0.394. The largest absolute Gasteiger partial charge is 0.372 e. The molecule has 2 aromatic heterocycles. The molecule has 1 saturated heterocycles. The Labute approximate surface area is 154 Å². The van der Waals surface area contributed by atoms with Crippen molar-refractivity contribution in [2.45, 2.75) is 31.7 Å². The predicted octanol–water partition coefficient (Wildman–Crippen LogP) is 3.30. The maximum atomic E-state index is 4.12. The Hall–Kier alpha value is -2.40. The van der Waals surface area contributed by atoms with E-state index in [2.05, 4.69) is 63.6 Å². The van der Waals surface area contributed by atoms with Crippen molar-refractivity contribution in [3.05, 3.63) is 59.5 Å². The van der Waals surface area contributed by atoms with Gasteiger partial charge in [0.15, 0.2) is 5.65 Å². The summed E-state index contributed by atoms with van der Waals surface area (Å²) in [5.41, 5.74) is 6.56. The lowest BCUT2D eigenvalue weighted by atomic mass is 9.85. The van der Waals surface area contributed by atoms with Crippen LogP contribution in [0.5, 0.6) is 0 Å². The summed E-state index contributed by atoms with van der Waals surface area (Å²) in [5.74, 6) is 0.394. The van der Waals surface area contributed by atoms with E-state index in [1.54, 1.807) is 6.33 Å². The minimum Gasteiger partial charge on any atom is -0.372 e. The van der Waals surface area contributed by atoms with Crippen molar-refractivity contribution >= 4 is 11.3 Å². The minimum atomic E-state index is 0.394. The number of nitrogens with zero attached hydrogens (tertiary/aromatic N) is 5.